The highest BCUT2D eigenvalue weighted by atomic mass is 16.6. The molecule has 0 aromatic heterocycles. The molecule has 0 radical (unpaired) electrons. The van der Waals surface area contributed by atoms with E-state index >= 15 is 0 Å². The summed E-state index contributed by atoms with van der Waals surface area (Å²) in [5, 5.41) is 10.9. The normalized spacial score (nSPS) is 52.3. The van der Waals surface area contributed by atoms with Crippen molar-refractivity contribution in [2.75, 3.05) is 0 Å². The van der Waals surface area contributed by atoms with Crippen LogP contribution < -0.4 is 0 Å². The fourth-order valence-corrected chi connectivity index (χ4v) is 11.5. The minimum absolute atomic E-state index is 0.0131. The summed E-state index contributed by atoms with van der Waals surface area (Å²) >= 11 is 0. The molecule has 5 rings (SSSR count). The lowest BCUT2D eigenvalue weighted by Crippen LogP contribution is -2.64. The molecule has 0 aromatic rings. The quantitative estimate of drug-likeness (QED) is 0.411. The fraction of sp³-hybridized carbons (Fsp3) is 0.969. The molecule has 4 nitrogen and oxygen atoms in total. The molecular weight excluding hydrogens is 448 g/mol. The molecule has 10 atom stereocenters. The summed E-state index contributed by atoms with van der Waals surface area (Å²) in [5.74, 6) is 2.40. The van der Waals surface area contributed by atoms with Gasteiger partial charge in [0, 0.05) is 6.92 Å². The molecule has 1 N–H and O–H groups in total. The van der Waals surface area contributed by atoms with Gasteiger partial charge < -0.3 is 14.6 Å². The van der Waals surface area contributed by atoms with E-state index in [0.29, 0.717) is 34.0 Å². The number of aliphatic hydroxyl groups is 1. The molecule has 36 heavy (non-hydrogen) atoms. The van der Waals surface area contributed by atoms with Crippen LogP contribution in [0.4, 0.5) is 0 Å². The molecule has 4 aliphatic carbocycles. The Bertz CT molecular complexity index is 895. The second-order valence-corrected chi connectivity index (χ2v) is 15.8. The fourth-order valence-electron chi connectivity index (χ4n) is 11.5. The molecule has 0 spiro atoms. The number of hydrogen-bond donors (Lipinski definition) is 1. The van der Waals surface area contributed by atoms with Gasteiger partial charge in [0.2, 0.25) is 0 Å². The van der Waals surface area contributed by atoms with Crippen molar-refractivity contribution in [3.63, 3.8) is 0 Å². The highest BCUT2D eigenvalue weighted by Gasteiger charge is 2.70. The smallest absolute Gasteiger partial charge is 0.303 e. The van der Waals surface area contributed by atoms with Gasteiger partial charge in [0.1, 0.15) is 5.60 Å². The summed E-state index contributed by atoms with van der Waals surface area (Å²) in [6.07, 6.45) is 11.7. The Morgan fingerprint density at radius 2 is 1.47 bits per heavy atom. The zero-order valence-corrected chi connectivity index (χ0v) is 24.7. The van der Waals surface area contributed by atoms with E-state index in [1.165, 1.54) is 51.9 Å². The summed E-state index contributed by atoms with van der Waals surface area (Å²) in [6.45, 7) is 20.5. The molecule has 206 valence electrons. The van der Waals surface area contributed by atoms with Crippen molar-refractivity contribution in [3.8, 4) is 0 Å². The van der Waals surface area contributed by atoms with E-state index < -0.39 is 5.60 Å². The SMILES string of the molecule is CC(=O)OC(C)(C)[C@H]1CC[C@@](C)([C@H]2CC[C@]3(C)[C@@H]2CC[C@@H]2[C@@]4(C)CC[C@H](O)C(C)(C)C4CC[C@]23C)O1. The zero-order chi connectivity index (χ0) is 26.5. The predicted octanol–water partition coefficient (Wildman–Crippen LogP) is 7.31. The third-order valence-corrected chi connectivity index (χ3v) is 13.7. The van der Waals surface area contributed by atoms with Gasteiger partial charge in [0.15, 0.2) is 0 Å². The summed E-state index contributed by atoms with van der Waals surface area (Å²) < 4.78 is 12.6. The molecular formula is C32H54O4. The molecule has 0 bridgehead atoms. The van der Waals surface area contributed by atoms with Gasteiger partial charge in [-0.05, 0) is 130 Å². The average molecular weight is 503 g/mol. The first-order valence-electron chi connectivity index (χ1n) is 15.1. The predicted molar refractivity (Wildman–Crippen MR) is 143 cm³/mol. The third kappa shape index (κ3) is 3.55. The largest absolute Gasteiger partial charge is 0.457 e. The van der Waals surface area contributed by atoms with Crippen molar-refractivity contribution in [1.29, 1.82) is 0 Å². The first-order valence-corrected chi connectivity index (χ1v) is 15.1. The van der Waals surface area contributed by atoms with Crippen molar-refractivity contribution in [1.82, 2.24) is 0 Å². The van der Waals surface area contributed by atoms with Gasteiger partial charge in [-0.15, -0.1) is 0 Å². The van der Waals surface area contributed by atoms with Crippen LogP contribution in [0.15, 0.2) is 0 Å². The van der Waals surface area contributed by atoms with E-state index in [1.807, 2.05) is 13.8 Å². The second-order valence-electron chi connectivity index (χ2n) is 15.8. The number of esters is 1. The Balaban J connectivity index is 1.40. The number of carbonyl (C=O) groups excluding carboxylic acids is 1. The van der Waals surface area contributed by atoms with E-state index in [2.05, 4.69) is 41.5 Å². The van der Waals surface area contributed by atoms with Crippen LogP contribution in [0.5, 0.6) is 0 Å². The van der Waals surface area contributed by atoms with Gasteiger partial charge in [-0.2, -0.15) is 0 Å². The van der Waals surface area contributed by atoms with Gasteiger partial charge in [0.05, 0.1) is 17.8 Å². The first kappa shape index (κ1) is 27.0. The van der Waals surface area contributed by atoms with Crippen LogP contribution in [-0.4, -0.2) is 34.5 Å². The Labute approximate surface area is 220 Å². The van der Waals surface area contributed by atoms with Gasteiger partial charge in [-0.1, -0.05) is 34.6 Å². The Morgan fingerprint density at radius 3 is 2.14 bits per heavy atom. The van der Waals surface area contributed by atoms with E-state index in [1.54, 1.807) is 0 Å². The first-order chi connectivity index (χ1) is 16.5. The second kappa shape index (κ2) is 8.20. The lowest BCUT2D eigenvalue weighted by atomic mass is 9.35. The van der Waals surface area contributed by atoms with Gasteiger partial charge in [-0.3, -0.25) is 4.79 Å². The molecule has 5 fully saturated rings. The van der Waals surface area contributed by atoms with Crippen molar-refractivity contribution in [2.24, 2.45) is 45.3 Å². The minimum atomic E-state index is -0.583. The number of ether oxygens (including phenoxy) is 2. The molecule has 1 unspecified atom stereocenters. The summed E-state index contributed by atoms with van der Waals surface area (Å²) in [4.78, 5) is 11.7. The Morgan fingerprint density at radius 1 is 0.806 bits per heavy atom. The monoisotopic (exact) mass is 502 g/mol. The van der Waals surface area contributed by atoms with Gasteiger partial charge in [-0.25, -0.2) is 0 Å². The van der Waals surface area contributed by atoms with Crippen LogP contribution in [0.2, 0.25) is 0 Å². The van der Waals surface area contributed by atoms with Crippen molar-refractivity contribution >= 4 is 5.97 Å². The zero-order valence-electron chi connectivity index (χ0n) is 24.7. The molecule has 1 aliphatic heterocycles. The molecule has 5 aliphatic rings. The van der Waals surface area contributed by atoms with Gasteiger partial charge >= 0.3 is 5.97 Å². The molecule has 4 saturated carbocycles. The number of hydrogen-bond acceptors (Lipinski definition) is 4. The Hall–Kier alpha value is -0.610. The van der Waals surface area contributed by atoms with E-state index in [0.717, 1.165) is 25.2 Å². The maximum Gasteiger partial charge on any atom is 0.303 e. The minimum Gasteiger partial charge on any atom is -0.457 e. The molecule has 0 aromatic carbocycles. The summed E-state index contributed by atoms with van der Waals surface area (Å²) in [5.41, 5.74) is 0.310. The third-order valence-electron chi connectivity index (χ3n) is 13.7. The Kier molecular flexibility index (Phi) is 6.14. The van der Waals surface area contributed by atoms with Crippen LogP contribution in [-0.2, 0) is 14.3 Å². The highest BCUT2D eigenvalue weighted by molar-refractivity contribution is 5.66. The van der Waals surface area contributed by atoms with E-state index in [-0.39, 0.29) is 29.2 Å². The van der Waals surface area contributed by atoms with Crippen LogP contribution in [0.3, 0.4) is 0 Å². The van der Waals surface area contributed by atoms with Crippen LogP contribution in [0.25, 0.3) is 0 Å². The standard InChI is InChI=1S/C32H54O4/c1-20(33)35-28(4,5)26-15-19-32(9,36-26)22-12-17-30(7)21(22)10-11-24-29(6)16-14-25(34)27(2,3)23(29)13-18-31(24,30)8/h21-26,34H,10-19H2,1-9H3/t21-,22+,23?,24-,25+,26-,29+,30-,31-,32+/m1/s1. The number of aliphatic hydroxyl groups excluding tert-OH is 1. The van der Waals surface area contributed by atoms with Crippen LogP contribution in [0, 0.1) is 45.3 Å². The molecule has 1 saturated heterocycles. The lowest BCUT2D eigenvalue weighted by molar-refractivity contribution is -0.227. The summed E-state index contributed by atoms with van der Waals surface area (Å²) in [7, 11) is 0. The molecule has 0 amide bonds. The average Bonchev–Trinajstić information content (AvgIpc) is 3.33. The van der Waals surface area contributed by atoms with Crippen molar-refractivity contribution < 1.29 is 19.4 Å². The van der Waals surface area contributed by atoms with Crippen LogP contribution >= 0.6 is 0 Å². The number of carbonyl (C=O) groups is 1. The van der Waals surface area contributed by atoms with Crippen LogP contribution in [0.1, 0.15) is 127 Å². The van der Waals surface area contributed by atoms with E-state index in [4.69, 9.17) is 9.47 Å². The van der Waals surface area contributed by atoms with Gasteiger partial charge in [0.25, 0.3) is 0 Å². The summed E-state index contributed by atoms with van der Waals surface area (Å²) in [6, 6.07) is 0. The number of rotatable bonds is 3. The van der Waals surface area contributed by atoms with E-state index in [9.17, 15) is 9.90 Å². The number of fused-ring (bicyclic) bond motifs is 5. The molecule has 1 heterocycles. The molecule has 4 heteroatoms. The maximum absolute atomic E-state index is 11.7. The topological polar surface area (TPSA) is 55.8 Å². The lowest BCUT2D eigenvalue weighted by Gasteiger charge is -2.70. The van der Waals surface area contributed by atoms with Crippen molar-refractivity contribution in [3.05, 3.63) is 0 Å². The maximum atomic E-state index is 11.7. The highest BCUT2D eigenvalue weighted by Crippen LogP contribution is 2.76. The van der Waals surface area contributed by atoms with Crippen molar-refractivity contribution in [2.45, 2.75) is 150 Å².